The molecule has 0 spiro atoms. The molecule has 2 aromatic carbocycles. The zero-order valence-corrected chi connectivity index (χ0v) is 31.8. The van der Waals surface area contributed by atoms with Crippen LogP contribution in [0.1, 0.15) is 87.3 Å². The summed E-state index contributed by atoms with van der Waals surface area (Å²) >= 11 is 0. The second-order valence-corrected chi connectivity index (χ2v) is 13.4. The van der Waals surface area contributed by atoms with Crippen LogP contribution in [0.5, 0.6) is 0 Å². The molecular weight excluding hydrogens is 731 g/mol. The van der Waals surface area contributed by atoms with Crippen LogP contribution >= 0.6 is 0 Å². The Kier molecular flexibility index (Phi) is 17.4. The van der Waals surface area contributed by atoms with Crippen LogP contribution in [-0.4, -0.2) is 67.9 Å². The van der Waals surface area contributed by atoms with Crippen LogP contribution < -0.4 is 5.32 Å². The van der Waals surface area contributed by atoms with Gasteiger partial charge in [-0.1, -0.05) is 62.9 Å². The van der Waals surface area contributed by atoms with Gasteiger partial charge in [0.25, 0.3) is 16.1 Å². The van der Waals surface area contributed by atoms with E-state index in [1.54, 1.807) is 48.6 Å². The summed E-state index contributed by atoms with van der Waals surface area (Å²) in [7, 11) is 0. The number of hydrogen-bond donors (Lipinski definition) is 3. The first-order valence-electron chi connectivity index (χ1n) is 18.1. The first-order valence-corrected chi connectivity index (χ1v) is 18.1. The summed E-state index contributed by atoms with van der Waals surface area (Å²) in [6.45, 7) is 10.6. The van der Waals surface area contributed by atoms with Crippen LogP contribution in [0.2, 0.25) is 0 Å². The molecule has 15 nitrogen and oxygen atoms in total. The van der Waals surface area contributed by atoms with E-state index in [0.29, 0.717) is 39.3 Å². The number of aliphatic hydroxyl groups is 2. The van der Waals surface area contributed by atoms with Gasteiger partial charge in [-0.05, 0) is 93.0 Å². The number of amides is 1. The topological polar surface area (TPSA) is 206 Å². The molecule has 2 unspecified atom stereocenters. The number of aromatic nitrogens is 1. The molecular formula is C40H49FN4O11. The smallest absolute Gasteiger partial charge is 0.308 e. The number of anilines is 1. The number of nitrogens with zero attached hydrogens (tertiary/aromatic N) is 3. The third-order valence-electron chi connectivity index (χ3n) is 8.62. The second-order valence-electron chi connectivity index (χ2n) is 13.4. The zero-order valence-electron chi connectivity index (χ0n) is 31.8. The van der Waals surface area contributed by atoms with Gasteiger partial charge in [0.1, 0.15) is 24.6 Å². The maximum Gasteiger partial charge on any atom is 0.308 e. The van der Waals surface area contributed by atoms with Gasteiger partial charge in [0, 0.05) is 23.5 Å². The number of para-hydroxylation sites is 1. The number of allylic oxidation sites excluding steroid dienone is 5. The Hall–Kier alpha value is -5.87. The minimum absolute atomic E-state index is 0.00348. The van der Waals surface area contributed by atoms with Crippen LogP contribution in [0.25, 0.3) is 16.8 Å². The Balaban J connectivity index is 1.90. The zero-order chi connectivity index (χ0) is 41.4. The molecule has 0 saturated heterocycles. The van der Waals surface area contributed by atoms with E-state index in [1.807, 2.05) is 43.6 Å². The van der Waals surface area contributed by atoms with Crippen LogP contribution in [0.3, 0.4) is 0 Å². The first kappa shape index (κ1) is 44.5. The minimum atomic E-state index is -1.36. The average molecular weight is 781 g/mol. The highest BCUT2D eigenvalue weighted by atomic mass is 19.1. The van der Waals surface area contributed by atoms with E-state index in [-0.39, 0.29) is 44.1 Å². The van der Waals surface area contributed by atoms with E-state index >= 15 is 0 Å². The lowest BCUT2D eigenvalue weighted by Gasteiger charge is -2.20. The molecule has 0 aliphatic carbocycles. The molecule has 0 aliphatic heterocycles. The van der Waals surface area contributed by atoms with Gasteiger partial charge in [-0.15, -0.1) is 20.2 Å². The molecule has 3 N–H and O–H groups in total. The van der Waals surface area contributed by atoms with Gasteiger partial charge in [0.05, 0.1) is 29.9 Å². The lowest BCUT2D eigenvalue weighted by atomic mass is 9.93. The van der Waals surface area contributed by atoms with Gasteiger partial charge in [-0.2, -0.15) is 0 Å². The van der Waals surface area contributed by atoms with Crippen molar-refractivity contribution in [3.63, 3.8) is 0 Å². The van der Waals surface area contributed by atoms with Crippen LogP contribution in [0.4, 0.5) is 10.1 Å². The van der Waals surface area contributed by atoms with E-state index in [1.165, 1.54) is 19.1 Å². The number of rotatable bonds is 23. The highest BCUT2D eigenvalue weighted by Crippen LogP contribution is 2.41. The standard InChI is InChI=1S/C40H49FN4O11/c1-6-11-28(12-7-2)36-37(40(49)42-31-13-9-8-10-14-31)38(26(3)4)43(39(36)29-16-18-30(41)19-17-29)22-21-32(46)23-33(47)24-35(48)54-25-34(56-45(52)53)20-15-27(5)55-44(50)51/h6-14,16-19,26-27,32-34,46-47H,1,15,20-25H2,2-5H3,(H,42,49)/b12-7-,28-11+/t27?,32-,33-,34?/m1/s1. The molecule has 0 radical (unpaired) electrons. The van der Waals surface area contributed by atoms with Gasteiger partial charge in [0.15, 0.2) is 0 Å². The molecule has 16 heteroatoms. The molecule has 0 saturated carbocycles. The summed E-state index contributed by atoms with van der Waals surface area (Å²) in [5.74, 6) is -1.96. The van der Waals surface area contributed by atoms with E-state index in [4.69, 9.17) is 4.74 Å². The highest BCUT2D eigenvalue weighted by Gasteiger charge is 2.31. The molecule has 0 fully saturated rings. The Morgan fingerprint density at radius 2 is 1.61 bits per heavy atom. The third kappa shape index (κ3) is 13.5. The van der Waals surface area contributed by atoms with Crippen molar-refractivity contribution in [1.82, 2.24) is 4.57 Å². The van der Waals surface area contributed by atoms with Gasteiger partial charge in [-0.25, -0.2) is 4.39 Å². The van der Waals surface area contributed by atoms with E-state index in [2.05, 4.69) is 21.6 Å². The summed E-state index contributed by atoms with van der Waals surface area (Å²) in [4.78, 5) is 57.2. The van der Waals surface area contributed by atoms with Crippen molar-refractivity contribution >= 4 is 23.1 Å². The SMILES string of the molecule is C=C/C=C(\C=C/C)c1c(C(=O)Nc2ccccc2)c(C(C)C)n(CC[C@@H](O)C[C@@H](O)CC(=O)OCC(CCC(C)O[N+](=O)[O-])O[N+](=O)[O-])c1-c1ccc(F)cc1. The van der Waals surface area contributed by atoms with Crippen molar-refractivity contribution in [2.75, 3.05) is 11.9 Å². The normalized spacial score (nSPS) is 13.8. The average Bonchev–Trinajstić information content (AvgIpc) is 3.47. The highest BCUT2D eigenvalue weighted by molar-refractivity contribution is 6.11. The predicted molar refractivity (Wildman–Crippen MR) is 207 cm³/mol. The van der Waals surface area contributed by atoms with Crippen molar-refractivity contribution in [2.24, 2.45) is 0 Å². The maximum absolute atomic E-state index is 14.3. The van der Waals surface area contributed by atoms with Gasteiger partial charge < -0.3 is 34.5 Å². The van der Waals surface area contributed by atoms with Crippen molar-refractivity contribution in [1.29, 1.82) is 0 Å². The maximum atomic E-state index is 14.3. The quantitative estimate of drug-likeness (QED) is 0.0380. The van der Waals surface area contributed by atoms with E-state index < -0.39 is 59.4 Å². The molecule has 3 rings (SSSR count). The Bertz CT molecular complexity index is 1860. The van der Waals surface area contributed by atoms with Crippen molar-refractivity contribution in [3.05, 3.63) is 128 Å². The predicted octanol–water partition coefficient (Wildman–Crippen LogP) is 7.20. The minimum Gasteiger partial charge on any atom is -0.463 e. The van der Waals surface area contributed by atoms with Gasteiger partial charge in [0.2, 0.25) is 0 Å². The summed E-state index contributed by atoms with van der Waals surface area (Å²) in [6, 6.07) is 14.8. The molecule has 0 aliphatic rings. The molecule has 3 aromatic rings. The fourth-order valence-corrected chi connectivity index (χ4v) is 6.27. The number of benzene rings is 2. The van der Waals surface area contributed by atoms with Crippen LogP contribution in [0, 0.1) is 26.0 Å². The van der Waals surface area contributed by atoms with Gasteiger partial charge in [-0.3, -0.25) is 9.59 Å². The van der Waals surface area contributed by atoms with Crippen molar-refractivity contribution in [3.8, 4) is 11.3 Å². The molecule has 1 aromatic heterocycles. The number of carbonyl (C=O) groups is 2. The molecule has 0 bridgehead atoms. The summed E-state index contributed by atoms with van der Waals surface area (Å²) in [5.41, 5.74) is 4.05. The number of carbonyl (C=O) groups excluding carboxylic acids is 2. The number of esters is 1. The fourth-order valence-electron chi connectivity index (χ4n) is 6.27. The molecule has 4 atom stereocenters. The Morgan fingerprint density at radius 3 is 2.20 bits per heavy atom. The van der Waals surface area contributed by atoms with Crippen molar-refractivity contribution < 1.29 is 48.8 Å². The molecule has 1 amide bonds. The Morgan fingerprint density at radius 1 is 0.946 bits per heavy atom. The molecule has 56 heavy (non-hydrogen) atoms. The van der Waals surface area contributed by atoms with E-state index in [0.717, 1.165) is 0 Å². The largest absolute Gasteiger partial charge is 0.463 e. The first-order chi connectivity index (χ1) is 26.6. The summed E-state index contributed by atoms with van der Waals surface area (Å²) < 4.78 is 21.2. The number of hydrogen-bond acceptors (Lipinski definition) is 11. The fraction of sp³-hybridized carbons (Fsp3) is 0.400. The molecule has 1 heterocycles. The lowest BCUT2D eigenvalue weighted by Crippen LogP contribution is -2.28. The Labute approximate surface area is 324 Å². The van der Waals surface area contributed by atoms with Crippen LogP contribution in [-0.2, 0) is 25.8 Å². The number of ether oxygens (including phenoxy) is 1. The second kappa shape index (κ2) is 21.9. The number of halogens is 1. The van der Waals surface area contributed by atoms with Gasteiger partial charge >= 0.3 is 5.97 Å². The monoisotopic (exact) mass is 780 g/mol. The van der Waals surface area contributed by atoms with Crippen LogP contribution in [0.15, 0.2) is 85.5 Å². The summed E-state index contributed by atoms with van der Waals surface area (Å²) in [6.07, 6.45) is 1.63. The van der Waals surface area contributed by atoms with E-state index in [9.17, 15) is 44.4 Å². The summed E-state index contributed by atoms with van der Waals surface area (Å²) in [5, 5.41) is 44.2. The lowest BCUT2D eigenvalue weighted by molar-refractivity contribution is -0.772. The third-order valence-corrected chi connectivity index (χ3v) is 8.62. The number of nitrogens with one attached hydrogen (secondary N) is 1. The number of aliphatic hydroxyl groups excluding tert-OH is 2. The van der Waals surface area contributed by atoms with Crippen molar-refractivity contribution in [2.45, 2.75) is 96.7 Å². The molecule has 302 valence electrons.